The van der Waals surface area contributed by atoms with Gasteiger partial charge in [0.1, 0.15) is 5.82 Å². The van der Waals surface area contributed by atoms with Crippen LogP contribution >= 0.6 is 15.9 Å². The molecule has 6 nitrogen and oxygen atoms in total. The summed E-state index contributed by atoms with van der Waals surface area (Å²) < 4.78 is 25.7. The molecule has 1 unspecified atom stereocenters. The molecule has 166 valence electrons. The fraction of sp³-hybridized carbons (Fsp3) is 0.250. The molecule has 1 saturated heterocycles. The van der Waals surface area contributed by atoms with Gasteiger partial charge in [-0.15, -0.1) is 0 Å². The van der Waals surface area contributed by atoms with Gasteiger partial charge in [-0.25, -0.2) is 14.2 Å². The standard InChI is InChI=1S/C24H23BrFN3O3/c1-31-22-11-18(7-9-21(22)26)13-28-20(16-32-15-17-5-3-2-4-6-17)14-29(24(28)30)23-10-8-19(25)12-27-23/h2-12,20H,13-16H2,1H3. The van der Waals surface area contributed by atoms with Gasteiger partial charge in [-0.3, -0.25) is 4.90 Å². The summed E-state index contributed by atoms with van der Waals surface area (Å²) in [6.07, 6.45) is 1.66. The minimum Gasteiger partial charge on any atom is -0.494 e. The molecule has 3 aromatic rings. The zero-order valence-electron chi connectivity index (χ0n) is 17.6. The van der Waals surface area contributed by atoms with Crippen molar-refractivity contribution in [3.8, 4) is 5.75 Å². The number of anilines is 1. The first-order valence-electron chi connectivity index (χ1n) is 10.2. The highest BCUT2D eigenvalue weighted by Gasteiger charge is 2.38. The third-order valence-corrected chi connectivity index (χ3v) is 5.76. The van der Waals surface area contributed by atoms with E-state index in [4.69, 9.17) is 9.47 Å². The number of carbonyl (C=O) groups is 1. The molecule has 8 heteroatoms. The minimum atomic E-state index is -0.438. The molecule has 1 aliphatic rings. The van der Waals surface area contributed by atoms with Crippen molar-refractivity contribution < 1.29 is 18.7 Å². The average molecular weight is 500 g/mol. The number of hydrogen-bond acceptors (Lipinski definition) is 4. The van der Waals surface area contributed by atoms with Crippen LogP contribution in [0.25, 0.3) is 0 Å². The Labute approximate surface area is 194 Å². The second-order valence-corrected chi connectivity index (χ2v) is 8.39. The number of carbonyl (C=O) groups excluding carboxylic acids is 1. The first-order valence-corrected chi connectivity index (χ1v) is 11.0. The van der Waals surface area contributed by atoms with Crippen LogP contribution in [0.1, 0.15) is 11.1 Å². The summed E-state index contributed by atoms with van der Waals surface area (Å²) >= 11 is 3.37. The topological polar surface area (TPSA) is 54.9 Å². The number of nitrogens with zero attached hydrogens (tertiary/aromatic N) is 3. The molecule has 0 N–H and O–H groups in total. The van der Waals surface area contributed by atoms with E-state index in [0.29, 0.717) is 32.1 Å². The van der Waals surface area contributed by atoms with E-state index < -0.39 is 5.82 Å². The van der Waals surface area contributed by atoms with Gasteiger partial charge in [0.15, 0.2) is 11.6 Å². The molecule has 0 radical (unpaired) electrons. The summed E-state index contributed by atoms with van der Waals surface area (Å²) in [4.78, 5) is 21.1. The van der Waals surface area contributed by atoms with Crippen LogP contribution in [-0.4, -0.2) is 42.2 Å². The maximum atomic E-state index is 13.8. The van der Waals surface area contributed by atoms with Crippen LogP contribution < -0.4 is 9.64 Å². The highest BCUT2D eigenvalue weighted by atomic mass is 79.9. The Kier molecular flexibility index (Phi) is 7.02. The van der Waals surface area contributed by atoms with Crippen molar-refractivity contribution in [3.05, 3.63) is 88.3 Å². The molecular formula is C24H23BrFN3O3. The van der Waals surface area contributed by atoms with E-state index in [1.165, 1.54) is 13.2 Å². The number of methoxy groups -OCH3 is 1. The van der Waals surface area contributed by atoms with E-state index in [9.17, 15) is 9.18 Å². The monoisotopic (exact) mass is 499 g/mol. The fourth-order valence-electron chi connectivity index (χ4n) is 3.64. The number of halogens is 2. The van der Waals surface area contributed by atoms with Crippen LogP contribution in [0, 0.1) is 5.82 Å². The van der Waals surface area contributed by atoms with E-state index in [1.807, 2.05) is 36.4 Å². The second-order valence-electron chi connectivity index (χ2n) is 7.48. The largest absolute Gasteiger partial charge is 0.494 e. The van der Waals surface area contributed by atoms with E-state index in [1.54, 1.807) is 34.2 Å². The normalized spacial score (nSPS) is 16.0. The van der Waals surface area contributed by atoms with Crippen molar-refractivity contribution >= 4 is 27.8 Å². The Bertz CT molecular complexity index is 1070. The number of benzene rings is 2. The number of amides is 2. The van der Waals surface area contributed by atoms with Gasteiger partial charge in [0.25, 0.3) is 0 Å². The van der Waals surface area contributed by atoms with Crippen molar-refractivity contribution in [3.63, 3.8) is 0 Å². The van der Waals surface area contributed by atoms with Gasteiger partial charge in [0.05, 0.1) is 32.9 Å². The molecule has 2 aromatic carbocycles. The first-order chi connectivity index (χ1) is 15.5. The van der Waals surface area contributed by atoms with Crippen LogP contribution in [-0.2, 0) is 17.9 Å². The van der Waals surface area contributed by atoms with Crippen LogP contribution in [0.15, 0.2) is 71.3 Å². The number of aromatic nitrogens is 1. The molecule has 2 amide bonds. The highest BCUT2D eigenvalue weighted by Crippen LogP contribution is 2.27. The highest BCUT2D eigenvalue weighted by molar-refractivity contribution is 9.10. The number of rotatable bonds is 8. The SMILES string of the molecule is COc1cc(CN2C(=O)N(c3ccc(Br)cn3)CC2COCc2ccccc2)ccc1F. The van der Waals surface area contributed by atoms with Crippen LogP contribution in [0.4, 0.5) is 15.0 Å². The summed E-state index contributed by atoms with van der Waals surface area (Å²) in [6, 6.07) is 17.8. The third-order valence-electron chi connectivity index (χ3n) is 5.29. The van der Waals surface area contributed by atoms with Gasteiger partial charge in [-0.05, 0) is 51.3 Å². The molecule has 1 aliphatic heterocycles. The zero-order valence-corrected chi connectivity index (χ0v) is 19.2. The van der Waals surface area contributed by atoms with Gasteiger partial charge in [-0.2, -0.15) is 0 Å². The Hall–Kier alpha value is -2.97. The van der Waals surface area contributed by atoms with E-state index in [-0.39, 0.29) is 17.8 Å². The fourth-order valence-corrected chi connectivity index (χ4v) is 3.88. The Morgan fingerprint density at radius 2 is 1.94 bits per heavy atom. The Balaban J connectivity index is 1.52. The minimum absolute atomic E-state index is 0.150. The Morgan fingerprint density at radius 1 is 1.12 bits per heavy atom. The average Bonchev–Trinajstić information content (AvgIpc) is 3.11. The third kappa shape index (κ3) is 5.08. The number of ether oxygens (including phenoxy) is 2. The lowest BCUT2D eigenvalue weighted by Crippen LogP contribution is -2.37. The van der Waals surface area contributed by atoms with Crippen LogP contribution in [0.5, 0.6) is 5.75 Å². The van der Waals surface area contributed by atoms with Gasteiger partial charge in [0, 0.05) is 17.2 Å². The van der Waals surface area contributed by atoms with Gasteiger partial charge >= 0.3 is 6.03 Å². The van der Waals surface area contributed by atoms with Gasteiger partial charge < -0.3 is 14.4 Å². The molecule has 0 bridgehead atoms. The second kappa shape index (κ2) is 10.1. The Morgan fingerprint density at radius 3 is 2.66 bits per heavy atom. The first kappa shape index (κ1) is 22.2. The van der Waals surface area contributed by atoms with Gasteiger partial charge in [-0.1, -0.05) is 36.4 Å². The quantitative estimate of drug-likeness (QED) is 0.436. The molecule has 2 heterocycles. The number of hydrogen-bond donors (Lipinski definition) is 0. The summed E-state index contributed by atoms with van der Waals surface area (Å²) in [5.41, 5.74) is 1.84. The zero-order chi connectivity index (χ0) is 22.5. The molecule has 0 saturated carbocycles. The molecule has 1 fully saturated rings. The predicted octanol–water partition coefficient (Wildman–Crippen LogP) is 5.02. The summed E-state index contributed by atoms with van der Waals surface area (Å²) in [7, 11) is 1.42. The summed E-state index contributed by atoms with van der Waals surface area (Å²) in [6.45, 7) is 1.58. The lowest BCUT2D eigenvalue weighted by molar-refractivity contribution is 0.0752. The smallest absolute Gasteiger partial charge is 0.326 e. The van der Waals surface area contributed by atoms with Crippen molar-refractivity contribution in [2.24, 2.45) is 0 Å². The number of urea groups is 1. The maximum Gasteiger partial charge on any atom is 0.326 e. The van der Waals surface area contributed by atoms with Crippen molar-refractivity contribution in [1.82, 2.24) is 9.88 Å². The maximum absolute atomic E-state index is 13.8. The van der Waals surface area contributed by atoms with Gasteiger partial charge in [0.2, 0.25) is 0 Å². The molecular weight excluding hydrogens is 477 g/mol. The molecule has 1 aromatic heterocycles. The lowest BCUT2D eigenvalue weighted by atomic mass is 10.1. The molecule has 32 heavy (non-hydrogen) atoms. The van der Waals surface area contributed by atoms with Crippen molar-refractivity contribution in [2.75, 3.05) is 25.2 Å². The van der Waals surface area contributed by atoms with Crippen LogP contribution in [0.2, 0.25) is 0 Å². The molecule has 0 spiro atoms. The number of pyridine rings is 1. The molecule has 4 rings (SSSR count). The molecule has 1 atom stereocenters. The van der Waals surface area contributed by atoms with Crippen LogP contribution in [0.3, 0.4) is 0 Å². The lowest BCUT2D eigenvalue weighted by Gasteiger charge is -2.23. The van der Waals surface area contributed by atoms with E-state index >= 15 is 0 Å². The summed E-state index contributed by atoms with van der Waals surface area (Å²) in [5.74, 6) is 0.287. The van der Waals surface area contributed by atoms with Crippen molar-refractivity contribution in [2.45, 2.75) is 19.2 Å². The van der Waals surface area contributed by atoms with E-state index in [0.717, 1.165) is 15.6 Å². The van der Waals surface area contributed by atoms with Crippen molar-refractivity contribution in [1.29, 1.82) is 0 Å². The van der Waals surface area contributed by atoms with E-state index in [2.05, 4.69) is 20.9 Å². The summed E-state index contributed by atoms with van der Waals surface area (Å²) in [5, 5.41) is 0. The predicted molar refractivity (Wildman–Crippen MR) is 123 cm³/mol. The molecule has 0 aliphatic carbocycles.